The Labute approximate surface area is 206 Å². The fourth-order valence-electron chi connectivity index (χ4n) is 4.17. The van der Waals surface area contributed by atoms with Crippen LogP contribution >= 0.6 is 11.6 Å². The number of carbonyl (C=O) groups is 2. The normalized spacial score (nSPS) is 15.5. The molecule has 1 aliphatic rings. The lowest BCUT2D eigenvalue weighted by Crippen LogP contribution is -2.45. The first-order valence-corrected chi connectivity index (χ1v) is 13.4. The first-order valence-electron chi connectivity index (χ1n) is 11.5. The zero-order chi connectivity index (χ0) is 24.6. The molecular weight excluding hydrogens is 476 g/mol. The minimum absolute atomic E-state index is 0.0632. The lowest BCUT2D eigenvalue weighted by atomic mass is 9.85. The van der Waals surface area contributed by atoms with Crippen LogP contribution in [0.15, 0.2) is 53.4 Å². The van der Waals surface area contributed by atoms with Gasteiger partial charge in [0.15, 0.2) is 0 Å². The number of sulfonamides is 1. The Morgan fingerprint density at radius 2 is 1.68 bits per heavy atom. The molecule has 184 valence electrons. The van der Waals surface area contributed by atoms with E-state index >= 15 is 0 Å². The van der Waals surface area contributed by atoms with Crippen LogP contribution in [0.25, 0.3) is 0 Å². The van der Waals surface area contributed by atoms with E-state index in [2.05, 4.69) is 14.8 Å². The summed E-state index contributed by atoms with van der Waals surface area (Å²) in [6.07, 6.45) is 6.58. The maximum absolute atomic E-state index is 13.2. The summed E-state index contributed by atoms with van der Waals surface area (Å²) >= 11 is 5.89. The molecule has 0 heterocycles. The van der Waals surface area contributed by atoms with E-state index in [0.717, 1.165) is 31.2 Å². The lowest BCUT2D eigenvalue weighted by molar-refractivity contribution is -0.140. The molecule has 34 heavy (non-hydrogen) atoms. The van der Waals surface area contributed by atoms with Crippen LogP contribution in [0.1, 0.15) is 50.5 Å². The van der Waals surface area contributed by atoms with Crippen LogP contribution in [0.5, 0.6) is 0 Å². The number of anilines is 1. The standard InChI is InChI=1S/C25H31ClN2O5S/c1-33-24(29)16-9-18-7-12-21(13-8-18)27-25(30)23(17-19-5-3-2-4-6-19)28-34(31,32)22-14-10-20(26)11-15-22/h7-8,10-15,19,23,28H,2-6,9,16-17H2,1H3,(H,27,30)/t23-/m0/s1. The van der Waals surface area contributed by atoms with Crippen molar-refractivity contribution in [2.24, 2.45) is 5.92 Å². The van der Waals surface area contributed by atoms with Crippen LogP contribution in [0.2, 0.25) is 5.02 Å². The number of nitrogens with one attached hydrogen (secondary N) is 2. The third-order valence-corrected chi connectivity index (χ3v) is 7.84. The van der Waals surface area contributed by atoms with Gasteiger partial charge in [-0.1, -0.05) is 55.8 Å². The molecule has 9 heteroatoms. The second kappa shape index (κ2) is 12.3. The Bertz CT molecular complexity index is 1070. The molecule has 0 unspecified atom stereocenters. The summed E-state index contributed by atoms with van der Waals surface area (Å²) in [5, 5.41) is 3.28. The van der Waals surface area contributed by atoms with Gasteiger partial charge in [0.25, 0.3) is 0 Å². The van der Waals surface area contributed by atoms with Gasteiger partial charge in [-0.15, -0.1) is 0 Å². The molecule has 1 saturated carbocycles. The van der Waals surface area contributed by atoms with Crippen molar-refractivity contribution in [2.75, 3.05) is 12.4 Å². The van der Waals surface area contributed by atoms with Gasteiger partial charge in [-0.05, 0) is 60.7 Å². The van der Waals surface area contributed by atoms with E-state index in [4.69, 9.17) is 11.6 Å². The molecule has 0 aliphatic heterocycles. The average molecular weight is 507 g/mol. The molecule has 1 fully saturated rings. The van der Waals surface area contributed by atoms with Gasteiger partial charge in [0, 0.05) is 17.1 Å². The molecule has 1 atom stereocenters. The molecule has 2 aromatic carbocycles. The molecule has 7 nitrogen and oxygen atoms in total. The molecule has 3 rings (SSSR count). The summed E-state index contributed by atoms with van der Waals surface area (Å²) < 4.78 is 33.2. The number of amides is 1. The number of esters is 1. The fraction of sp³-hybridized carbons (Fsp3) is 0.440. The number of methoxy groups -OCH3 is 1. The first-order chi connectivity index (χ1) is 16.3. The monoisotopic (exact) mass is 506 g/mol. The van der Waals surface area contributed by atoms with Gasteiger partial charge in [0.1, 0.15) is 6.04 Å². The number of halogens is 1. The second-order valence-electron chi connectivity index (χ2n) is 8.63. The van der Waals surface area contributed by atoms with Crippen molar-refractivity contribution in [2.45, 2.75) is 62.3 Å². The van der Waals surface area contributed by atoms with Gasteiger partial charge in [-0.3, -0.25) is 9.59 Å². The third-order valence-electron chi connectivity index (χ3n) is 6.10. The topological polar surface area (TPSA) is 102 Å². The van der Waals surface area contributed by atoms with Crippen molar-refractivity contribution in [3.63, 3.8) is 0 Å². The maximum atomic E-state index is 13.2. The minimum atomic E-state index is -3.90. The predicted molar refractivity (Wildman–Crippen MR) is 132 cm³/mol. The second-order valence-corrected chi connectivity index (χ2v) is 10.8. The van der Waals surface area contributed by atoms with Gasteiger partial charge >= 0.3 is 5.97 Å². The van der Waals surface area contributed by atoms with Gasteiger partial charge in [0.05, 0.1) is 12.0 Å². The zero-order valence-electron chi connectivity index (χ0n) is 19.3. The number of hydrogen-bond donors (Lipinski definition) is 2. The Hall–Kier alpha value is -2.42. The zero-order valence-corrected chi connectivity index (χ0v) is 20.8. The number of rotatable bonds is 10. The van der Waals surface area contributed by atoms with Crippen LogP contribution in [0, 0.1) is 5.92 Å². The number of benzene rings is 2. The van der Waals surface area contributed by atoms with Crippen LogP contribution < -0.4 is 10.0 Å². The van der Waals surface area contributed by atoms with Crippen molar-refractivity contribution in [3.8, 4) is 0 Å². The number of aryl methyl sites for hydroxylation is 1. The Kier molecular flexibility index (Phi) is 9.50. The number of carbonyl (C=O) groups excluding carboxylic acids is 2. The molecule has 0 aromatic heterocycles. The van der Waals surface area contributed by atoms with Crippen molar-refractivity contribution >= 4 is 39.2 Å². The average Bonchev–Trinajstić information content (AvgIpc) is 2.83. The first kappa shape index (κ1) is 26.2. The van der Waals surface area contributed by atoms with E-state index in [1.54, 1.807) is 12.1 Å². The van der Waals surface area contributed by atoms with Gasteiger partial charge in [-0.2, -0.15) is 4.72 Å². The smallest absolute Gasteiger partial charge is 0.305 e. The number of hydrogen-bond acceptors (Lipinski definition) is 5. The quantitative estimate of drug-likeness (QED) is 0.455. The molecule has 0 spiro atoms. The summed E-state index contributed by atoms with van der Waals surface area (Å²) in [6.45, 7) is 0. The Morgan fingerprint density at radius 1 is 1.03 bits per heavy atom. The summed E-state index contributed by atoms with van der Waals surface area (Å²) in [7, 11) is -2.55. The molecule has 1 amide bonds. The summed E-state index contributed by atoms with van der Waals surface area (Å²) in [5.74, 6) is -0.389. The Balaban J connectivity index is 1.71. The highest BCUT2D eigenvalue weighted by Crippen LogP contribution is 2.28. The van der Waals surface area contributed by atoms with E-state index in [1.807, 2.05) is 12.1 Å². The summed E-state index contributed by atoms with van der Waals surface area (Å²) in [4.78, 5) is 24.6. The summed E-state index contributed by atoms with van der Waals surface area (Å²) in [6, 6.07) is 12.1. The molecule has 1 aliphatic carbocycles. The highest BCUT2D eigenvalue weighted by molar-refractivity contribution is 7.89. The van der Waals surface area contributed by atoms with Gasteiger partial charge in [-0.25, -0.2) is 8.42 Å². The van der Waals surface area contributed by atoms with Crippen LogP contribution in [0.3, 0.4) is 0 Å². The maximum Gasteiger partial charge on any atom is 0.305 e. The van der Waals surface area contributed by atoms with Crippen molar-refractivity contribution in [1.82, 2.24) is 4.72 Å². The van der Waals surface area contributed by atoms with E-state index in [9.17, 15) is 18.0 Å². The highest BCUT2D eigenvalue weighted by atomic mass is 35.5. The van der Waals surface area contributed by atoms with E-state index in [1.165, 1.54) is 37.8 Å². The van der Waals surface area contributed by atoms with Crippen molar-refractivity contribution in [1.29, 1.82) is 0 Å². The summed E-state index contributed by atoms with van der Waals surface area (Å²) in [5.41, 5.74) is 1.50. The van der Waals surface area contributed by atoms with Gasteiger partial charge < -0.3 is 10.1 Å². The lowest BCUT2D eigenvalue weighted by Gasteiger charge is -2.26. The van der Waals surface area contributed by atoms with Crippen molar-refractivity contribution in [3.05, 3.63) is 59.1 Å². The van der Waals surface area contributed by atoms with E-state index in [0.29, 0.717) is 23.6 Å². The molecule has 0 bridgehead atoms. The highest BCUT2D eigenvalue weighted by Gasteiger charge is 2.29. The largest absolute Gasteiger partial charge is 0.469 e. The third kappa shape index (κ3) is 7.82. The molecule has 0 saturated heterocycles. The van der Waals surface area contributed by atoms with Gasteiger partial charge in [0.2, 0.25) is 15.9 Å². The molecular formula is C25H31ClN2O5S. The van der Waals surface area contributed by atoms with Crippen LogP contribution in [-0.4, -0.2) is 33.4 Å². The predicted octanol–water partition coefficient (Wildman–Crippen LogP) is 4.70. The molecule has 2 N–H and O–H groups in total. The minimum Gasteiger partial charge on any atom is -0.469 e. The van der Waals surface area contributed by atoms with Crippen LogP contribution in [-0.2, 0) is 30.8 Å². The van der Waals surface area contributed by atoms with E-state index in [-0.39, 0.29) is 23.2 Å². The Morgan fingerprint density at radius 3 is 2.29 bits per heavy atom. The molecule has 2 aromatic rings. The van der Waals surface area contributed by atoms with Crippen molar-refractivity contribution < 1.29 is 22.7 Å². The van der Waals surface area contributed by atoms with E-state index < -0.39 is 22.0 Å². The SMILES string of the molecule is COC(=O)CCc1ccc(NC(=O)[C@H](CC2CCCCC2)NS(=O)(=O)c2ccc(Cl)cc2)cc1. The number of ether oxygens (including phenoxy) is 1. The molecule has 0 radical (unpaired) electrons. The fourth-order valence-corrected chi connectivity index (χ4v) is 5.50. The van der Waals surface area contributed by atoms with Crippen LogP contribution in [0.4, 0.5) is 5.69 Å².